The summed E-state index contributed by atoms with van der Waals surface area (Å²) in [5, 5.41) is 12.8. The van der Waals surface area contributed by atoms with E-state index in [1.807, 2.05) is 29.0 Å². The van der Waals surface area contributed by atoms with Crippen molar-refractivity contribution in [3.63, 3.8) is 0 Å². The summed E-state index contributed by atoms with van der Waals surface area (Å²) in [6, 6.07) is 18.4. The molecule has 0 aliphatic heterocycles. The van der Waals surface area contributed by atoms with Crippen molar-refractivity contribution in [3.8, 4) is 22.8 Å². The van der Waals surface area contributed by atoms with Crippen LogP contribution in [0.25, 0.3) is 22.3 Å². The second-order valence-electron chi connectivity index (χ2n) is 8.54. The van der Waals surface area contributed by atoms with E-state index < -0.39 is 17.6 Å². The molecule has 0 aliphatic carbocycles. The number of ether oxygens (including phenoxy) is 1. The predicted octanol–water partition coefficient (Wildman–Crippen LogP) is 6.29. The van der Waals surface area contributed by atoms with Crippen molar-refractivity contribution in [2.24, 2.45) is 0 Å². The molecule has 0 fully saturated rings. The molecule has 0 unspecified atom stereocenters. The molecule has 8 nitrogen and oxygen atoms in total. The Morgan fingerprint density at radius 1 is 0.949 bits per heavy atom. The zero-order valence-corrected chi connectivity index (χ0v) is 21.9. The number of H-pyrrole nitrogens is 1. The maximum atomic E-state index is 15.1. The monoisotopic (exact) mass is 541 g/mol. The second-order valence-corrected chi connectivity index (χ2v) is 9.32. The number of fused-ring (bicyclic) bond motifs is 1. The number of aromatic amines is 1. The SMILES string of the molecule is CN/C(C)=C(\C(=O)Nc1ccccc1)C(=O)Nc1ccc(Oc2ccnc3[nH]c(-c4ccsc4)cc23)c(F)c1. The van der Waals surface area contributed by atoms with Crippen molar-refractivity contribution in [2.45, 2.75) is 6.92 Å². The number of rotatable bonds is 8. The first kappa shape index (κ1) is 25.7. The van der Waals surface area contributed by atoms with Crippen molar-refractivity contribution < 1.29 is 18.7 Å². The summed E-state index contributed by atoms with van der Waals surface area (Å²) in [6.07, 6.45) is 1.58. The highest BCUT2D eigenvalue weighted by molar-refractivity contribution is 7.08. The quantitative estimate of drug-likeness (QED) is 0.105. The molecule has 0 bridgehead atoms. The number of hydrogen-bond acceptors (Lipinski definition) is 6. The van der Waals surface area contributed by atoms with Crippen LogP contribution in [0.4, 0.5) is 15.8 Å². The normalized spacial score (nSPS) is 11.6. The number of carbonyl (C=O) groups is 2. The number of pyridine rings is 1. The van der Waals surface area contributed by atoms with Gasteiger partial charge in [0.2, 0.25) is 0 Å². The van der Waals surface area contributed by atoms with E-state index in [0.717, 1.165) is 17.3 Å². The number of halogens is 1. The van der Waals surface area contributed by atoms with Gasteiger partial charge >= 0.3 is 0 Å². The van der Waals surface area contributed by atoms with Crippen LogP contribution < -0.4 is 20.7 Å². The first-order valence-corrected chi connectivity index (χ1v) is 12.9. The van der Waals surface area contributed by atoms with Gasteiger partial charge in [-0.1, -0.05) is 18.2 Å². The van der Waals surface area contributed by atoms with E-state index in [4.69, 9.17) is 4.74 Å². The van der Waals surface area contributed by atoms with Gasteiger partial charge in [0.05, 0.1) is 5.39 Å². The van der Waals surface area contributed by atoms with Gasteiger partial charge in [-0.2, -0.15) is 11.3 Å². The number of thiophene rings is 1. The van der Waals surface area contributed by atoms with E-state index in [1.165, 1.54) is 12.1 Å². The maximum Gasteiger partial charge on any atom is 0.263 e. The van der Waals surface area contributed by atoms with Crippen LogP contribution in [-0.2, 0) is 9.59 Å². The Morgan fingerprint density at radius 2 is 1.72 bits per heavy atom. The summed E-state index contributed by atoms with van der Waals surface area (Å²) >= 11 is 1.58. The Balaban J connectivity index is 1.34. The van der Waals surface area contributed by atoms with Crippen LogP contribution in [-0.4, -0.2) is 28.8 Å². The molecular weight excluding hydrogens is 517 g/mol. The van der Waals surface area contributed by atoms with Crippen LogP contribution >= 0.6 is 11.3 Å². The zero-order valence-electron chi connectivity index (χ0n) is 21.0. The molecule has 10 heteroatoms. The van der Waals surface area contributed by atoms with E-state index in [9.17, 15) is 9.59 Å². The fourth-order valence-corrected chi connectivity index (χ4v) is 4.58. The van der Waals surface area contributed by atoms with Crippen LogP contribution in [0.5, 0.6) is 11.5 Å². The Labute approximate surface area is 227 Å². The minimum atomic E-state index is -0.688. The van der Waals surface area contributed by atoms with Gasteiger partial charge in [0.15, 0.2) is 11.6 Å². The van der Waals surface area contributed by atoms with Crippen molar-refractivity contribution in [3.05, 3.63) is 101 Å². The molecule has 2 amide bonds. The van der Waals surface area contributed by atoms with Crippen LogP contribution in [0.3, 0.4) is 0 Å². The number of nitrogens with zero attached hydrogens (tertiary/aromatic N) is 1. The fourth-order valence-electron chi connectivity index (χ4n) is 3.92. The highest BCUT2D eigenvalue weighted by atomic mass is 32.1. The van der Waals surface area contributed by atoms with Gasteiger partial charge < -0.3 is 25.7 Å². The Kier molecular flexibility index (Phi) is 7.37. The second kappa shape index (κ2) is 11.2. The molecule has 0 atom stereocenters. The highest BCUT2D eigenvalue weighted by Gasteiger charge is 2.22. The standard InChI is InChI=1S/C29H24FN5O3S/c1-17(31-2)26(28(36)33-19-6-4-3-5-7-19)29(37)34-20-8-9-25(22(30)14-20)38-24-10-12-32-27-21(24)15-23(35-27)18-11-13-39-16-18/h3-16,31H,1-2H3,(H,32,35)(H,33,36)(H,34,37)/b26-17+. The molecule has 3 heterocycles. The molecule has 0 aliphatic rings. The van der Waals surface area contributed by atoms with Crippen molar-refractivity contribution in [1.29, 1.82) is 0 Å². The number of nitrogens with one attached hydrogen (secondary N) is 4. The van der Waals surface area contributed by atoms with Gasteiger partial charge in [-0.25, -0.2) is 9.37 Å². The van der Waals surface area contributed by atoms with E-state index in [2.05, 4.69) is 25.9 Å². The van der Waals surface area contributed by atoms with Gasteiger partial charge in [-0.3, -0.25) is 9.59 Å². The van der Waals surface area contributed by atoms with Crippen LogP contribution in [0.1, 0.15) is 6.92 Å². The van der Waals surface area contributed by atoms with E-state index in [1.54, 1.807) is 61.8 Å². The first-order valence-electron chi connectivity index (χ1n) is 12.0. The topological polar surface area (TPSA) is 108 Å². The number of benzene rings is 2. The van der Waals surface area contributed by atoms with Crippen molar-refractivity contribution in [1.82, 2.24) is 15.3 Å². The average molecular weight is 542 g/mol. The lowest BCUT2D eigenvalue weighted by Gasteiger charge is -2.14. The van der Waals surface area contributed by atoms with Crippen LogP contribution in [0.15, 0.2) is 95.0 Å². The van der Waals surface area contributed by atoms with Gasteiger partial charge in [0, 0.05) is 53.0 Å². The minimum Gasteiger partial charge on any atom is -0.453 e. The number of carbonyl (C=O) groups excluding carboxylic acids is 2. The Hall–Kier alpha value is -4.96. The summed E-state index contributed by atoms with van der Waals surface area (Å²) in [6.45, 7) is 1.61. The third-order valence-corrected chi connectivity index (χ3v) is 6.65. The molecular formula is C29H24FN5O3S. The molecule has 4 N–H and O–H groups in total. The van der Waals surface area contributed by atoms with E-state index in [-0.39, 0.29) is 17.0 Å². The summed E-state index contributed by atoms with van der Waals surface area (Å²) in [7, 11) is 1.61. The van der Waals surface area contributed by atoms with Gasteiger partial charge in [-0.15, -0.1) is 0 Å². The first-order chi connectivity index (χ1) is 18.9. The predicted molar refractivity (Wildman–Crippen MR) is 151 cm³/mol. The van der Waals surface area contributed by atoms with Gasteiger partial charge in [0.25, 0.3) is 11.8 Å². The third kappa shape index (κ3) is 5.65. The van der Waals surface area contributed by atoms with Gasteiger partial charge in [0.1, 0.15) is 17.0 Å². The molecule has 0 spiro atoms. The molecule has 39 heavy (non-hydrogen) atoms. The lowest BCUT2D eigenvalue weighted by molar-refractivity contribution is -0.118. The maximum absolute atomic E-state index is 15.1. The Bertz CT molecular complexity index is 1680. The third-order valence-electron chi connectivity index (χ3n) is 5.97. The lowest BCUT2D eigenvalue weighted by atomic mass is 10.1. The van der Waals surface area contributed by atoms with Crippen LogP contribution in [0, 0.1) is 5.82 Å². The number of anilines is 2. The molecule has 196 valence electrons. The molecule has 5 aromatic rings. The van der Waals surface area contributed by atoms with Crippen molar-refractivity contribution in [2.75, 3.05) is 17.7 Å². The lowest BCUT2D eigenvalue weighted by Crippen LogP contribution is -2.29. The largest absolute Gasteiger partial charge is 0.453 e. The number of aromatic nitrogens is 2. The molecule has 0 saturated heterocycles. The molecule has 5 rings (SSSR count). The number of hydrogen-bond donors (Lipinski definition) is 4. The fraction of sp³-hybridized carbons (Fsp3) is 0.0690. The van der Waals surface area contributed by atoms with E-state index in [0.29, 0.717) is 28.2 Å². The zero-order chi connectivity index (χ0) is 27.4. The van der Waals surface area contributed by atoms with Crippen LogP contribution in [0.2, 0.25) is 0 Å². The number of allylic oxidation sites excluding steroid dienone is 1. The van der Waals surface area contributed by atoms with E-state index >= 15 is 4.39 Å². The average Bonchev–Trinajstić information content (AvgIpc) is 3.61. The van der Waals surface area contributed by atoms with Gasteiger partial charge in [-0.05, 0) is 54.8 Å². The molecule has 2 aromatic carbocycles. The molecule has 3 aromatic heterocycles. The summed E-state index contributed by atoms with van der Waals surface area (Å²) in [4.78, 5) is 33.5. The highest BCUT2D eigenvalue weighted by Crippen LogP contribution is 2.34. The summed E-state index contributed by atoms with van der Waals surface area (Å²) in [5.41, 5.74) is 3.46. The molecule has 0 radical (unpaired) electrons. The number of amides is 2. The summed E-state index contributed by atoms with van der Waals surface area (Å²) in [5.74, 6) is -1.56. The Morgan fingerprint density at radius 3 is 2.41 bits per heavy atom. The number of para-hydroxylation sites is 1. The summed E-state index contributed by atoms with van der Waals surface area (Å²) < 4.78 is 21.0. The van der Waals surface area contributed by atoms with Crippen molar-refractivity contribution >= 4 is 45.6 Å². The minimum absolute atomic E-state index is 0.0252. The molecule has 0 saturated carbocycles. The smallest absolute Gasteiger partial charge is 0.263 e.